The molecule has 1 N–H and O–H groups in total. The molecule has 5 aliphatic rings. The first-order chi connectivity index (χ1) is 18.0. The Bertz CT molecular complexity index is 1180. The van der Waals surface area contributed by atoms with Gasteiger partial charge in [-0.2, -0.15) is 0 Å². The van der Waals surface area contributed by atoms with Crippen molar-refractivity contribution in [2.45, 2.75) is 91.9 Å². The molecule has 0 radical (unpaired) electrons. The van der Waals surface area contributed by atoms with E-state index < -0.39 is 5.97 Å². The number of allylic oxidation sites excluding steroid dienone is 2. The van der Waals surface area contributed by atoms with E-state index in [0.29, 0.717) is 40.6 Å². The monoisotopic (exact) mass is 518 g/mol. The summed E-state index contributed by atoms with van der Waals surface area (Å²) in [5, 5.41) is 9.59. The Morgan fingerprint density at radius 2 is 1.68 bits per heavy atom. The van der Waals surface area contributed by atoms with Crippen LogP contribution in [0.15, 0.2) is 30.3 Å². The van der Waals surface area contributed by atoms with E-state index in [2.05, 4.69) is 39.8 Å². The highest BCUT2D eigenvalue weighted by molar-refractivity contribution is 5.89. The molecule has 4 saturated carbocycles. The van der Waals surface area contributed by atoms with Crippen LogP contribution in [-0.2, 0) is 9.53 Å². The van der Waals surface area contributed by atoms with Crippen LogP contribution in [0.25, 0.3) is 5.57 Å². The normalized spacial score (nSPS) is 43.1. The molecule has 4 heteroatoms. The van der Waals surface area contributed by atoms with E-state index >= 15 is 0 Å². The van der Waals surface area contributed by atoms with Gasteiger partial charge >= 0.3 is 11.9 Å². The first-order valence-electron chi connectivity index (χ1n) is 15.1. The van der Waals surface area contributed by atoms with Crippen molar-refractivity contribution in [2.24, 2.45) is 51.2 Å². The number of methoxy groups -OCH3 is 1. The van der Waals surface area contributed by atoms with Crippen LogP contribution in [0.4, 0.5) is 0 Å². The number of fused-ring (bicyclic) bond motifs is 7. The van der Waals surface area contributed by atoms with E-state index in [0.717, 1.165) is 24.8 Å². The standard InChI is InChI=1S/C34H46O4/c1-31(2)24(21-8-6-9-22(20-21)29(35)36)13-17-33(4)27(31)15-18-32(3)25-14-19-34(30(37)38-5)16-7-10-26(34)23(25)11-12-28(32)33/h6,8-9,13,20,23,25-28H,7,10-12,14-19H2,1-5H3,(H,35,36). The number of carboxylic acid groups (broad SMARTS) is 1. The van der Waals surface area contributed by atoms with Crippen molar-refractivity contribution in [3.05, 3.63) is 41.5 Å². The quantitative estimate of drug-likeness (QED) is 0.412. The van der Waals surface area contributed by atoms with Gasteiger partial charge in [0.05, 0.1) is 18.1 Å². The topological polar surface area (TPSA) is 63.6 Å². The van der Waals surface area contributed by atoms with E-state index in [1.807, 2.05) is 12.1 Å². The van der Waals surface area contributed by atoms with Crippen LogP contribution < -0.4 is 0 Å². The number of aromatic carboxylic acids is 1. The Labute approximate surface area is 228 Å². The van der Waals surface area contributed by atoms with E-state index in [1.54, 1.807) is 13.2 Å². The molecule has 5 aliphatic carbocycles. The molecular weight excluding hydrogens is 472 g/mol. The molecule has 0 amide bonds. The maximum Gasteiger partial charge on any atom is 0.335 e. The van der Waals surface area contributed by atoms with Gasteiger partial charge in [0.1, 0.15) is 0 Å². The summed E-state index contributed by atoms with van der Waals surface area (Å²) < 4.78 is 5.40. The van der Waals surface area contributed by atoms with Crippen molar-refractivity contribution < 1.29 is 19.4 Å². The molecule has 0 saturated heterocycles. The van der Waals surface area contributed by atoms with Gasteiger partial charge in [0.15, 0.2) is 0 Å². The summed E-state index contributed by atoms with van der Waals surface area (Å²) in [5.74, 6) is 2.34. The lowest BCUT2D eigenvalue weighted by molar-refractivity contribution is -0.189. The van der Waals surface area contributed by atoms with Crippen LogP contribution in [0.2, 0.25) is 0 Å². The van der Waals surface area contributed by atoms with E-state index in [4.69, 9.17) is 4.74 Å². The van der Waals surface area contributed by atoms with Crippen molar-refractivity contribution in [3.8, 4) is 0 Å². The largest absolute Gasteiger partial charge is 0.478 e. The fourth-order valence-electron chi connectivity index (χ4n) is 11.7. The van der Waals surface area contributed by atoms with Gasteiger partial charge in [-0.1, -0.05) is 52.3 Å². The molecule has 206 valence electrons. The third kappa shape index (κ3) is 3.40. The number of ether oxygens (including phenoxy) is 1. The second kappa shape index (κ2) is 8.70. The maximum atomic E-state index is 13.1. The molecule has 0 bridgehead atoms. The van der Waals surface area contributed by atoms with Crippen molar-refractivity contribution in [1.29, 1.82) is 0 Å². The molecule has 0 spiro atoms. The van der Waals surface area contributed by atoms with E-state index in [1.165, 1.54) is 50.5 Å². The minimum atomic E-state index is -0.859. The van der Waals surface area contributed by atoms with Gasteiger partial charge < -0.3 is 9.84 Å². The molecular formula is C34H46O4. The Balaban J connectivity index is 1.33. The number of carboxylic acids is 1. The van der Waals surface area contributed by atoms with Gasteiger partial charge in [-0.25, -0.2) is 4.79 Å². The SMILES string of the molecule is COC(=O)C12CCCC1C1CCC3C(C)(CCC4C(C)(C)C(c5cccc(C(=O)O)c5)=CCC43C)C1CC2. The highest BCUT2D eigenvalue weighted by Gasteiger charge is 2.66. The van der Waals surface area contributed by atoms with Crippen LogP contribution in [0, 0.1) is 51.2 Å². The lowest BCUT2D eigenvalue weighted by Crippen LogP contribution is -2.61. The zero-order valence-corrected chi connectivity index (χ0v) is 24.0. The minimum absolute atomic E-state index is 0.0135. The second-order valence-corrected chi connectivity index (χ2v) is 14.6. The van der Waals surface area contributed by atoms with E-state index in [-0.39, 0.29) is 22.2 Å². The molecule has 8 unspecified atom stereocenters. The molecule has 0 heterocycles. The van der Waals surface area contributed by atoms with Crippen LogP contribution in [0.3, 0.4) is 0 Å². The van der Waals surface area contributed by atoms with Crippen molar-refractivity contribution in [2.75, 3.05) is 7.11 Å². The van der Waals surface area contributed by atoms with Crippen LogP contribution in [-0.4, -0.2) is 24.2 Å². The highest BCUT2D eigenvalue weighted by atomic mass is 16.5. The minimum Gasteiger partial charge on any atom is -0.478 e. The van der Waals surface area contributed by atoms with Gasteiger partial charge in [-0.05, 0) is 127 Å². The fourth-order valence-corrected chi connectivity index (χ4v) is 11.7. The van der Waals surface area contributed by atoms with Gasteiger partial charge in [0.2, 0.25) is 0 Å². The summed E-state index contributed by atoms with van der Waals surface area (Å²) in [5.41, 5.74) is 3.10. The summed E-state index contributed by atoms with van der Waals surface area (Å²) in [6.45, 7) is 10.0. The zero-order chi connectivity index (χ0) is 27.1. The Kier molecular flexibility index (Phi) is 5.98. The molecule has 4 nitrogen and oxygen atoms in total. The summed E-state index contributed by atoms with van der Waals surface area (Å²) in [4.78, 5) is 24.7. The molecule has 38 heavy (non-hydrogen) atoms. The molecule has 6 rings (SSSR count). The lowest BCUT2D eigenvalue weighted by Gasteiger charge is -2.68. The molecule has 1 aromatic carbocycles. The second-order valence-electron chi connectivity index (χ2n) is 14.6. The summed E-state index contributed by atoms with van der Waals surface area (Å²) >= 11 is 0. The predicted octanol–water partition coefficient (Wildman–Crippen LogP) is 8.02. The smallest absolute Gasteiger partial charge is 0.335 e. The maximum absolute atomic E-state index is 13.1. The Morgan fingerprint density at radius 3 is 2.42 bits per heavy atom. The zero-order valence-electron chi connectivity index (χ0n) is 24.0. The third-order valence-corrected chi connectivity index (χ3v) is 13.1. The number of carbonyl (C=O) groups is 2. The molecule has 4 fully saturated rings. The van der Waals surface area contributed by atoms with E-state index in [9.17, 15) is 14.7 Å². The first-order valence-corrected chi connectivity index (χ1v) is 15.1. The summed E-state index contributed by atoms with van der Waals surface area (Å²) in [6.07, 6.45) is 14.2. The fraction of sp³-hybridized carbons (Fsp3) is 0.706. The van der Waals surface area contributed by atoms with Gasteiger partial charge in [0, 0.05) is 0 Å². The average molecular weight is 519 g/mol. The van der Waals surface area contributed by atoms with Crippen LogP contribution in [0.1, 0.15) is 108 Å². The number of esters is 1. The van der Waals surface area contributed by atoms with Crippen molar-refractivity contribution >= 4 is 17.5 Å². The number of rotatable bonds is 3. The predicted molar refractivity (Wildman–Crippen MR) is 149 cm³/mol. The number of carbonyl (C=O) groups excluding carboxylic acids is 1. The molecule has 8 atom stereocenters. The number of hydrogen-bond donors (Lipinski definition) is 1. The van der Waals surface area contributed by atoms with Crippen LogP contribution >= 0.6 is 0 Å². The third-order valence-electron chi connectivity index (χ3n) is 13.1. The number of benzene rings is 1. The van der Waals surface area contributed by atoms with Crippen LogP contribution in [0.5, 0.6) is 0 Å². The summed E-state index contributed by atoms with van der Waals surface area (Å²) in [6, 6.07) is 7.55. The van der Waals surface area contributed by atoms with Gasteiger partial charge in [0.25, 0.3) is 0 Å². The molecule has 1 aromatic rings. The van der Waals surface area contributed by atoms with Crippen molar-refractivity contribution in [1.82, 2.24) is 0 Å². The van der Waals surface area contributed by atoms with Gasteiger partial charge in [-0.15, -0.1) is 0 Å². The van der Waals surface area contributed by atoms with Gasteiger partial charge in [-0.3, -0.25) is 4.79 Å². The molecule has 0 aliphatic heterocycles. The first kappa shape index (κ1) is 26.1. The molecule has 0 aromatic heterocycles. The summed E-state index contributed by atoms with van der Waals surface area (Å²) in [7, 11) is 1.59. The number of hydrogen-bond acceptors (Lipinski definition) is 3. The Morgan fingerprint density at radius 1 is 0.895 bits per heavy atom. The average Bonchev–Trinajstić information content (AvgIpc) is 3.33. The Hall–Kier alpha value is -2.10. The van der Waals surface area contributed by atoms with Crippen molar-refractivity contribution in [3.63, 3.8) is 0 Å². The lowest BCUT2D eigenvalue weighted by atomic mass is 9.36. The highest BCUT2D eigenvalue weighted by Crippen LogP contribution is 2.73.